The molecular formula is C41H69BrN4O8. The molecule has 0 spiro atoms. The monoisotopic (exact) mass is 824 g/mol. The zero-order valence-corrected chi connectivity index (χ0v) is 36.8. The number of hydrogen-bond donors (Lipinski definition) is 0. The average Bonchev–Trinajstić information content (AvgIpc) is 2.96. The number of hydrogen-bond acceptors (Lipinski definition) is 12. The van der Waals surface area contributed by atoms with Gasteiger partial charge < -0.3 is 18.9 Å². The lowest BCUT2D eigenvalue weighted by Crippen LogP contribution is -2.53. The Hall–Kier alpha value is -2.58. The average molecular weight is 826 g/mol. The van der Waals surface area contributed by atoms with Crippen LogP contribution < -0.4 is 0 Å². The molecule has 12 nitrogen and oxygen atoms in total. The van der Waals surface area contributed by atoms with Gasteiger partial charge in [-0.2, -0.15) is 0 Å². The molecule has 1 aromatic carbocycles. The van der Waals surface area contributed by atoms with Crippen molar-refractivity contribution in [1.82, 2.24) is 19.6 Å². The van der Waals surface area contributed by atoms with Crippen LogP contribution in [0.5, 0.6) is 0 Å². The fraction of sp³-hybridized carbons (Fsp3) is 0.756. The number of carbonyl (C=O) groups excluding carboxylic acids is 4. The molecule has 0 saturated carbocycles. The highest BCUT2D eigenvalue weighted by Gasteiger charge is 2.30. The van der Waals surface area contributed by atoms with E-state index in [4.69, 9.17) is 18.9 Å². The number of rotatable bonds is 12. The lowest BCUT2D eigenvalue weighted by molar-refractivity contribution is -0.160. The molecule has 0 aliphatic carbocycles. The molecule has 2 rings (SSSR count). The third-order valence-corrected chi connectivity index (χ3v) is 8.67. The van der Waals surface area contributed by atoms with E-state index in [-0.39, 0.29) is 56.1 Å². The normalized spacial score (nSPS) is 18.3. The van der Waals surface area contributed by atoms with E-state index in [0.717, 1.165) is 23.7 Å². The largest absolute Gasteiger partial charge is 0.459 e. The Morgan fingerprint density at radius 1 is 0.556 bits per heavy atom. The van der Waals surface area contributed by atoms with Gasteiger partial charge in [0.25, 0.3) is 0 Å². The van der Waals surface area contributed by atoms with Gasteiger partial charge in [-0.3, -0.25) is 38.8 Å². The molecule has 1 aliphatic heterocycles. The number of carbonyl (C=O) groups is 4. The van der Waals surface area contributed by atoms with E-state index in [9.17, 15) is 19.2 Å². The predicted molar refractivity (Wildman–Crippen MR) is 215 cm³/mol. The van der Waals surface area contributed by atoms with Crippen LogP contribution in [0.1, 0.15) is 101 Å². The van der Waals surface area contributed by atoms with Gasteiger partial charge in [0.1, 0.15) is 22.4 Å². The Labute approximate surface area is 333 Å². The smallest absolute Gasteiger partial charge is 0.320 e. The standard InChI is InChI=1S/C41H69BrN4O8/c1-38(2,3)51-34(47)27-43-20-21-44(28-35(48)52-39(4,5)6)24-25-46(30-37(50)54-41(10,11)12)33(15-13-14-31-16-18-32(42)19-17-31)26-45(23-22-43)29-36(49)53-40(7,8)9/h16-19,33H,13-15,20-30H2,1-12H3. The molecule has 0 amide bonds. The molecule has 1 heterocycles. The molecule has 1 unspecified atom stereocenters. The molecule has 0 bridgehead atoms. The highest BCUT2D eigenvalue weighted by atomic mass is 79.9. The van der Waals surface area contributed by atoms with Crippen LogP contribution in [0, 0.1) is 0 Å². The fourth-order valence-electron chi connectivity index (χ4n) is 6.09. The number of nitrogens with zero attached hydrogens (tertiary/aromatic N) is 4. The lowest BCUT2D eigenvalue weighted by Gasteiger charge is -2.38. The Kier molecular flexibility index (Phi) is 18.6. The van der Waals surface area contributed by atoms with Crippen molar-refractivity contribution < 1.29 is 38.1 Å². The highest BCUT2D eigenvalue weighted by molar-refractivity contribution is 9.10. The Morgan fingerprint density at radius 3 is 1.31 bits per heavy atom. The molecule has 0 radical (unpaired) electrons. The first-order valence-corrected chi connectivity index (χ1v) is 20.1. The minimum Gasteiger partial charge on any atom is -0.459 e. The SMILES string of the molecule is CC(C)(C)OC(=O)CN1CCN(CC(=O)OC(C)(C)C)CCN(CC(=O)OC(C)(C)C)C(CCCc2ccc(Br)cc2)CN(CC(=O)OC(C)(C)C)CC1. The first-order valence-electron chi connectivity index (χ1n) is 19.3. The predicted octanol–water partition coefficient (Wildman–Crippen LogP) is 5.73. The lowest BCUT2D eigenvalue weighted by atomic mass is 10.0. The number of halogens is 1. The van der Waals surface area contributed by atoms with Crippen LogP contribution in [0.4, 0.5) is 0 Å². The summed E-state index contributed by atoms with van der Waals surface area (Å²) in [4.78, 5) is 61.3. The van der Waals surface area contributed by atoms with Crippen molar-refractivity contribution in [3.63, 3.8) is 0 Å². The summed E-state index contributed by atoms with van der Waals surface area (Å²) in [7, 11) is 0. The van der Waals surface area contributed by atoms with Crippen LogP contribution in [0.3, 0.4) is 0 Å². The highest BCUT2D eigenvalue weighted by Crippen LogP contribution is 2.19. The number of benzene rings is 1. The van der Waals surface area contributed by atoms with Crippen molar-refractivity contribution in [2.45, 2.75) is 131 Å². The van der Waals surface area contributed by atoms with Crippen molar-refractivity contribution in [3.8, 4) is 0 Å². The summed E-state index contributed by atoms with van der Waals surface area (Å²) < 4.78 is 24.0. The molecule has 0 N–H and O–H groups in total. The molecule has 1 aromatic rings. The molecule has 308 valence electrons. The topological polar surface area (TPSA) is 118 Å². The summed E-state index contributed by atoms with van der Waals surface area (Å²) >= 11 is 3.52. The summed E-state index contributed by atoms with van der Waals surface area (Å²) in [6.07, 6.45) is 2.41. The Balaban J connectivity index is 2.54. The fourth-order valence-corrected chi connectivity index (χ4v) is 6.35. The molecule has 13 heteroatoms. The van der Waals surface area contributed by atoms with Crippen molar-refractivity contribution in [1.29, 1.82) is 0 Å². The van der Waals surface area contributed by atoms with Crippen LogP contribution in [0.2, 0.25) is 0 Å². The van der Waals surface area contributed by atoms with Crippen LogP contribution >= 0.6 is 15.9 Å². The van der Waals surface area contributed by atoms with E-state index in [1.54, 1.807) is 0 Å². The number of ether oxygens (including phenoxy) is 4. The summed E-state index contributed by atoms with van der Waals surface area (Å²) in [5.74, 6) is -1.37. The first kappa shape index (κ1) is 47.6. The molecular weight excluding hydrogens is 756 g/mol. The first-order chi connectivity index (χ1) is 24.7. The minimum absolute atomic E-state index is 0.0472. The molecule has 1 fully saturated rings. The van der Waals surface area contributed by atoms with Crippen molar-refractivity contribution in [2.75, 3.05) is 72.0 Å². The van der Waals surface area contributed by atoms with Gasteiger partial charge in [-0.05, 0) is 120 Å². The van der Waals surface area contributed by atoms with Crippen LogP contribution in [0.15, 0.2) is 28.7 Å². The summed E-state index contributed by atoms with van der Waals surface area (Å²) in [6.45, 7) is 25.6. The van der Waals surface area contributed by atoms with Gasteiger partial charge in [0.2, 0.25) is 0 Å². The van der Waals surface area contributed by atoms with Crippen molar-refractivity contribution in [3.05, 3.63) is 34.3 Å². The van der Waals surface area contributed by atoms with Gasteiger partial charge in [-0.15, -0.1) is 0 Å². The van der Waals surface area contributed by atoms with E-state index in [1.165, 1.54) is 5.56 Å². The minimum atomic E-state index is -0.663. The van der Waals surface area contributed by atoms with Crippen LogP contribution in [0.25, 0.3) is 0 Å². The van der Waals surface area contributed by atoms with E-state index in [1.807, 2.05) is 105 Å². The molecule has 1 atom stereocenters. The maximum absolute atomic E-state index is 13.5. The third kappa shape index (κ3) is 22.1. The molecule has 1 saturated heterocycles. The second-order valence-electron chi connectivity index (χ2n) is 18.3. The van der Waals surface area contributed by atoms with Crippen molar-refractivity contribution >= 4 is 39.8 Å². The second kappa shape index (κ2) is 21.1. The summed E-state index contributed by atoms with van der Waals surface area (Å²) in [5, 5.41) is 0. The van der Waals surface area contributed by atoms with Gasteiger partial charge in [0.05, 0.1) is 26.2 Å². The molecule has 54 heavy (non-hydrogen) atoms. The van der Waals surface area contributed by atoms with E-state index < -0.39 is 22.4 Å². The Bertz CT molecular complexity index is 1350. The second-order valence-corrected chi connectivity index (χ2v) is 19.2. The van der Waals surface area contributed by atoms with Gasteiger partial charge in [-0.1, -0.05) is 28.1 Å². The molecule has 0 aromatic heterocycles. The van der Waals surface area contributed by atoms with E-state index >= 15 is 0 Å². The third-order valence-electron chi connectivity index (χ3n) is 8.14. The number of aryl methyl sites for hydroxylation is 1. The van der Waals surface area contributed by atoms with Gasteiger partial charge in [0, 0.05) is 56.3 Å². The van der Waals surface area contributed by atoms with Gasteiger partial charge in [-0.25, -0.2) is 0 Å². The van der Waals surface area contributed by atoms with E-state index in [2.05, 4.69) is 37.9 Å². The maximum atomic E-state index is 13.5. The van der Waals surface area contributed by atoms with Crippen molar-refractivity contribution in [2.24, 2.45) is 0 Å². The quantitative estimate of drug-likeness (QED) is 0.189. The molecule has 1 aliphatic rings. The number of esters is 4. The van der Waals surface area contributed by atoms with E-state index in [0.29, 0.717) is 45.8 Å². The summed E-state index contributed by atoms with van der Waals surface area (Å²) in [5.41, 5.74) is -1.40. The van der Waals surface area contributed by atoms with Crippen LogP contribution in [-0.2, 0) is 44.5 Å². The zero-order chi connectivity index (χ0) is 40.9. The Morgan fingerprint density at radius 2 is 0.907 bits per heavy atom. The van der Waals surface area contributed by atoms with Gasteiger partial charge in [0.15, 0.2) is 0 Å². The maximum Gasteiger partial charge on any atom is 0.320 e. The summed E-state index contributed by atoms with van der Waals surface area (Å²) in [6, 6.07) is 8.12. The van der Waals surface area contributed by atoms with Crippen LogP contribution in [-0.4, -0.2) is 144 Å². The van der Waals surface area contributed by atoms with Gasteiger partial charge >= 0.3 is 23.9 Å². The zero-order valence-electron chi connectivity index (χ0n) is 35.2.